The Hall–Kier alpha value is -1.46. The van der Waals surface area contributed by atoms with Crippen LogP contribution in [0.15, 0.2) is 24.3 Å². The smallest absolute Gasteiger partial charge is 0.251 e. The highest BCUT2D eigenvalue weighted by molar-refractivity contribution is 5.81. The predicted octanol–water partition coefficient (Wildman–Crippen LogP) is 2.67. The Kier molecular flexibility index (Phi) is 5.51. The van der Waals surface area contributed by atoms with Gasteiger partial charge in [-0.05, 0) is 63.4 Å². The van der Waals surface area contributed by atoms with E-state index in [9.17, 15) is 9.18 Å². The van der Waals surface area contributed by atoms with Crippen molar-refractivity contribution in [1.29, 1.82) is 0 Å². The van der Waals surface area contributed by atoms with Crippen LogP contribution in [0.3, 0.4) is 0 Å². The van der Waals surface area contributed by atoms with Gasteiger partial charge < -0.3 is 9.64 Å². The van der Waals surface area contributed by atoms with Gasteiger partial charge in [-0.2, -0.15) is 0 Å². The number of benzene rings is 1. The van der Waals surface area contributed by atoms with Crippen LogP contribution in [-0.2, 0) is 16.1 Å². The van der Waals surface area contributed by atoms with Crippen LogP contribution in [0.2, 0.25) is 0 Å². The highest BCUT2D eigenvalue weighted by atomic mass is 19.1. The Balaban J connectivity index is 1.51. The second-order valence-corrected chi connectivity index (χ2v) is 6.93. The summed E-state index contributed by atoms with van der Waals surface area (Å²) in [6.45, 7) is 8.29. The number of amides is 1. The second-order valence-electron chi connectivity index (χ2n) is 6.93. The highest BCUT2D eigenvalue weighted by Crippen LogP contribution is 2.28. The van der Waals surface area contributed by atoms with Gasteiger partial charge in [-0.1, -0.05) is 12.1 Å². The molecule has 0 aliphatic carbocycles. The van der Waals surface area contributed by atoms with Crippen molar-refractivity contribution in [1.82, 2.24) is 9.80 Å². The number of halogens is 1. The number of likely N-dealkylation sites (N-methyl/N-ethyl adjacent to an activating group) is 1. The Morgan fingerprint density at radius 2 is 1.88 bits per heavy atom. The van der Waals surface area contributed by atoms with Crippen LogP contribution in [-0.4, -0.2) is 54.1 Å². The van der Waals surface area contributed by atoms with Crippen molar-refractivity contribution in [2.24, 2.45) is 5.92 Å². The van der Waals surface area contributed by atoms with Gasteiger partial charge in [-0.3, -0.25) is 9.69 Å². The summed E-state index contributed by atoms with van der Waals surface area (Å²) in [5.41, 5.74) is 1.15. The summed E-state index contributed by atoms with van der Waals surface area (Å²) in [5, 5.41) is 0. The fraction of sp³-hybridized carbons (Fsp3) is 0.632. The van der Waals surface area contributed by atoms with Crippen LogP contribution in [0.5, 0.6) is 0 Å². The summed E-state index contributed by atoms with van der Waals surface area (Å²) >= 11 is 0. The quantitative estimate of drug-likeness (QED) is 0.849. The van der Waals surface area contributed by atoms with E-state index >= 15 is 0 Å². The molecule has 2 aliphatic heterocycles. The first kappa shape index (κ1) is 17.4. The van der Waals surface area contributed by atoms with Crippen molar-refractivity contribution < 1.29 is 13.9 Å². The van der Waals surface area contributed by atoms with E-state index in [1.807, 2.05) is 30.9 Å². The summed E-state index contributed by atoms with van der Waals surface area (Å²) in [5.74, 6) is 0.442. The SMILES string of the molecule is CCN1C[C@H](C2CCN(Cc3ccc(F)cc3)CC2)O[C@@H](C)C1=O. The lowest BCUT2D eigenvalue weighted by atomic mass is 9.89. The third kappa shape index (κ3) is 3.95. The zero-order valence-electron chi connectivity index (χ0n) is 14.6. The molecule has 0 aromatic heterocycles. The number of ether oxygens (including phenoxy) is 1. The third-order valence-corrected chi connectivity index (χ3v) is 5.30. The van der Waals surface area contributed by atoms with Crippen molar-refractivity contribution in [3.63, 3.8) is 0 Å². The van der Waals surface area contributed by atoms with Gasteiger partial charge in [0.2, 0.25) is 0 Å². The molecule has 5 heteroatoms. The number of morpholine rings is 1. The Morgan fingerprint density at radius 3 is 2.50 bits per heavy atom. The minimum absolute atomic E-state index is 0.113. The number of hydrogen-bond acceptors (Lipinski definition) is 3. The van der Waals surface area contributed by atoms with E-state index in [4.69, 9.17) is 4.74 Å². The Labute approximate surface area is 143 Å². The van der Waals surface area contributed by atoms with Crippen LogP contribution in [0, 0.1) is 11.7 Å². The maximum absolute atomic E-state index is 13.0. The third-order valence-electron chi connectivity index (χ3n) is 5.30. The van der Waals surface area contributed by atoms with E-state index in [2.05, 4.69) is 4.90 Å². The van der Waals surface area contributed by atoms with Gasteiger partial charge in [-0.15, -0.1) is 0 Å². The molecule has 3 rings (SSSR count). The fourth-order valence-corrected chi connectivity index (χ4v) is 3.80. The maximum atomic E-state index is 13.0. The Morgan fingerprint density at radius 1 is 1.21 bits per heavy atom. The van der Waals surface area contributed by atoms with Crippen molar-refractivity contribution in [2.45, 2.75) is 45.4 Å². The molecule has 1 amide bonds. The number of nitrogens with zero attached hydrogens (tertiary/aromatic N) is 2. The summed E-state index contributed by atoms with van der Waals surface area (Å²) in [6, 6.07) is 6.77. The minimum Gasteiger partial charge on any atom is -0.363 e. The number of hydrogen-bond donors (Lipinski definition) is 0. The van der Waals surface area contributed by atoms with Gasteiger partial charge in [-0.25, -0.2) is 4.39 Å². The molecular weight excluding hydrogens is 307 g/mol. The van der Waals surface area contributed by atoms with Crippen molar-refractivity contribution in [3.8, 4) is 0 Å². The summed E-state index contributed by atoms with van der Waals surface area (Å²) in [6.07, 6.45) is 2.01. The van der Waals surface area contributed by atoms with E-state index in [0.29, 0.717) is 5.92 Å². The average Bonchev–Trinajstić information content (AvgIpc) is 2.60. The van der Waals surface area contributed by atoms with Gasteiger partial charge in [0.05, 0.1) is 6.10 Å². The Bertz CT molecular complexity index is 555. The van der Waals surface area contributed by atoms with E-state index in [1.165, 1.54) is 12.1 Å². The molecule has 4 nitrogen and oxygen atoms in total. The topological polar surface area (TPSA) is 32.8 Å². The molecular formula is C19H27FN2O2. The largest absolute Gasteiger partial charge is 0.363 e. The first-order valence-electron chi connectivity index (χ1n) is 8.98. The lowest BCUT2D eigenvalue weighted by Gasteiger charge is -2.42. The molecule has 0 unspecified atom stereocenters. The first-order valence-corrected chi connectivity index (χ1v) is 8.98. The van der Waals surface area contributed by atoms with E-state index in [1.54, 1.807) is 0 Å². The van der Waals surface area contributed by atoms with Gasteiger partial charge in [0, 0.05) is 19.6 Å². The summed E-state index contributed by atoms with van der Waals surface area (Å²) in [7, 11) is 0. The molecule has 2 atom stereocenters. The van der Waals surface area contributed by atoms with Crippen LogP contribution in [0.25, 0.3) is 0 Å². The van der Waals surface area contributed by atoms with E-state index in [0.717, 1.165) is 51.1 Å². The molecule has 1 aromatic carbocycles. The minimum atomic E-state index is -0.319. The monoisotopic (exact) mass is 334 g/mol. The average molecular weight is 334 g/mol. The van der Waals surface area contributed by atoms with Crippen molar-refractivity contribution >= 4 is 5.91 Å². The zero-order valence-corrected chi connectivity index (χ0v) is 14.6. The molecule has 132 valence electrons. The van der Waals surface area contributed by atoms with Gasteiger partial charge in [0.15, 0.2) is 0 Å². The molecule has 0 spiro atoms. The maximum Gasteiger partial charge on any atom is 0.251 e. The fourth-order valence-electron chi connectivity index (χ4n) is 3.80. The van der Waals surface area contributed by atoms with Crippen LogP contribution >= 0.6 is 0 Å². The van der Waals surface area contributed by atoms with Crippen LogP contribution in [0.1, 0.15) is 32.3 Å². The zero-order chi connectivity index (χ0) is 17.1. The molecule has 2 aliphatic rings. The number of carbonyl (C=O) groups is 1. The van der Waals surface area contributed by atoms with Gasteiger partial charge >= 0.3 is 0 Å². The summed E-state index contributed by atoms with van der Waals surface area (Å²) < 4.78 is 19.0. The number of likely N-dealkylation sites (tertiary alicyclic amines) is 1. The molecule has 0 radical (unpaired) electrons. The molecule has 2 heterocycles. The van der Waals surface area contributed by atoms with E-state index < -0.39 is 0 Å². The van der Waals surface area contributed by atoms with Crippen LogP contribution in [0.4, 0.5) is 4.39 Å². The van der Waals surface area contributed by atoms with Crippen molar-refractivity contribution in [2.75, 3.05) is 26.2 Å². The van der Waals surface area contributed by atoms with Gasteiger partial charge in [0.1, 0.15) is 11.9 Å². The lowest BCUT2D eigenvalue weighted by molar-refractivity contribution is -0.166. The standard InChI is InChI=1S/C19H27FN2O2/c1-3-22-13-18(24-14(2)19(22)23)16-8-10-21(11-9-16)12-15-4-6-17(20)7-5-15/h4-7,14,16,18H,3,8-13H2,1-2H3/t14-,18+/m0/s1. The number of piperidine rings is 1. The molecule has 2 fully saturated rings. The number of carbonyl (C=O) groups excluding carboxylic acids is 1. The normalized spacial score (nSPS) is 26.8. The molecule has 1 aromatic rings. The molecule has 24 heavy (non-hydrogen) atoms. The lowest BCUT2D eigenvalue weighted by Crippen LogP contribution is -2.54. The highest BCUT2D eigenvalue weighted by Gasteiger charge is 2.36. The number of rotatable bonds is 4. The van der Waals surface area contributed by atoms with Crippen molar-refractivity contribution in [3.05, 3.63) is 35.6 Å². The molecule has 0 N–H and O–H groups in total. The first-order chi connectivity index (χ1) is 11.6. The predicted molar refractivity (Wildman–Crippen MR) is 91.0 cm³/mol. The van der Waals surface area contributed by atoms with Crippen LogP contribution < -0.4 is 0 Å². The summed E-state index contributed by atoms with van der Waals surface area (Å²) in [4.78, 5) is 16.4. The molecule has 2 saturated heterocycles. The van der Waals surface area contributed by atoms with Gasteiger partial charge in [0.25, 0.3) is 5.91 Å². The van der Waals surface area contributed by atoms with E-state index in [-0.39, 0.29) is 23.9 Å². The second kappa shape index (κ2) is 7.62. The molecule has 0 bridgehead atoms. The molecule has 0 saturated carbocycles.